The zero-order chi connectivity index (χ0) is 10.4. The molecule has 1 unspecified atom stereocenters. The van der Waals surface area contributed by atoms with Crippen molar-refractivity contribution in [2.24, 2.45) is 7.05 Å². The monoisotopic (exact) mass is 192 g/mol. The number of aromatic nitrogens is 3. The predicted octanol–water partition coefficient (Wildman–Crippen LogP) is 0.359. The summed E-state index contributed by atoms with van der Waals surface area (Å²) in [6.07, 6.45) is 8.79. The van der Waals surface area contributed by atoms with Crippen LogP contribution in [0.1, 0.15) is 19.2 Å². The summed E-state index contributed by atoms with van der Waals surface area (Å²) in [6.45, 7) is 2.89. The van der Waals surface area contributed by atoms with E-state index in [0.29, 0.717) is 0 Å². The van der Waals surface area contributed by atoms with Crippen LogP contribution >= 0.6 is 0 Å². The average molecular weight is 192 g/mol. The van der Waals surface area contributed by atoms with Crippen molar-refractivity contribution in [3.05, 3.63) is 12.2 Å². The van der Waals surface area contributed by atoms with Gasteiger partial charge in [0.2, 0.25) is 0 Å². The van der Waals surface area contributed by atoms with Crippen LogP contribution in [0.15, 0.2) is 6.33 Å². The van der Waals surface area contributed by atoms with Gasteiger partial charge in [-0.15, -0.1) is 6.42 Å². The van der Waals surface area contributed by atoms with Gasteiger partial charge in [-0.2, -0.15) is 5.10 Å². The van der Waals surface area contributed by atoms with Crippen molar-refractivity contribution in [2.45, 2.75) is 25.8 Å². The van der Waals surface area contributed by atoms with Gasteiger partial charge in [0.25, 0.3) is 0 Å². The van der Waals surface area contributed by atoms with Crippen molar-refractivity contribution in [3.63, 3.8) is 0 Å². The summed E-state index contributed by atoms with van der Waals surface area (Å²) in [7, 11) is 1.86. The van der Waals surface area contributed by atoms with E-state index in [-0.39, 0.29) is 6.04 Å². The van der Waals surface area contributed by atoms with Gasteiger partial charge >= 0.3 is 0 Å². The summed E-state index contributed by atoms with van der Waals surface area (Å²) in [5, 5.41) is 7.42. The quantitative estimate of drug-likeness (QED) is 0.685. The summed E-state index contributed by atoms with van der Waals surface area (Å²) in [5.74, 6) is 3.54. The molecule has 1 rings (SSSR count). The molecule has 76 valence electrons. The van der Waals surface area contributed by atoms with Gasteiger partial charge in [0, 0.05) is 20.0 Å². The molecule has 0 fully saturated rings. The van der Waals surface area contributed by atoms with E-state index in [1.165, 1.54) is 0 Å². The van der Waals surface area contributed by atoms with Gasteiger partial charge in [-0.1, -0.05) is 12.8 Å². The molecule has 1 heterocycles. The highest BCUT2D eigenvalue weighted by molar-refractivity contribution is 4.98. The van der Waals surface area contributed by atoms with Gasteiger partial charge in [-0.3, -0.25) is 4.68 Å². The Morgan fingerprint density at radius 2 is 2.50 bits per heavy atom. The molecule has 1 aromatic heterocycles. The van der Waals surface area contributed by atoms with Crippen LogP contribution in [-0.4, -0.2) is 27.4 Å². The Morgan fingerprint density at radius 3 is 3.00 bits per heavy atom. The Kier molecular flexibility index (Phi) is 4.14. The minimum atomic E-state index is 0.165. The number of nitrogens with zero attached hydrogens (tertiary/aromatic N) is 3. The van der Waals surface area contributed by atoms with Crippen LogP contribution in [-0.2, 0) is 13.5 Å². The highest BCUT2D eigenvalue weighted by Gasteiger charge is 2.02. The van der Waals surface area contributed by atoms with Crippen molar-refractivity contribution in [2.75, 3.05) is 6.54 Å². The first kappa shape index (κ1) is 10.7. The van der Waals surface area contributed by atoms with E-state index < -0.39 is 0 Å². The highest BCUT2D eigenvalue weighted by Crippen LogP contribution is 1.91. The maximum atomic E-state index is 5.32. The van der Waals surface area contributed by atoms with E-state index in [4.69, 9.17) is 6.42 Å². The number of terminal acetylenes is 1. The van der Waals surface area contributed by atoms with Gasteiger partial charge in [0.05, 0.1) is 6.04 Å². The number of hydrogen-bond acceptors (Lipinski definition) is 3. The molecule has 14 heavy (non-hydrogen) atoms. The summed E-state index contributed by atoms with van der Waals surface area (Å²) in [5.41, 5.74) is 0. The van der Waals surface area contributed by atoms with E-state index in [1.807, 2.05) is 7.05 Å². The SMILES string of the molecule is C#CC(CC)NCCc1ncn(C)n1. The second kappa shape index (κ2) is 5.40. The Labute approximate surface area is 84.7 Å². The van der Waals surface area contributed by atoms with Crippen LogP contribution < -0.4 is 5.32 Å². The third-order valence-corrected chi connectivity index (χ3v) is 2.00. The molecule has 0 saturated heterocycles. The van der Waals surface area contributed by atoms with Crippen molar-refractivity contribution in [1.82, 2.24) is 20.1 Å². The molecule has 0 amide bonds. The normalized spacial score (nSPS) is 12.4. The molecule has 0 aromatic carbocycles. The van der Waals surface area contributed by atoms with Crippen LogP contribution in [0.25, 0.3) is 0 Å². The molecule has 1 atom stereocenters. The van der Waals surface area contributed by atoms with E-state index in [0.717, 1.165) is 25.2 Å². The van der Waals surface area contributed by atoms with Gasteiger partial charge in [0.15, 0.2) is 5.82 Å². The van der Waals surface area contributed by atoms with Crippen molar-refractivity contribution in [1.29, 1.82) is 0 Å². The maximum Gasteiger partial charge on any atom is 0.151 e. The maximum absolute atomic E-state index is 5.32. The van der Waals surface area contributed by atoms with Crippen LogP contribution in [0.5, 0.6) is 0 Å². The molecule has 4 nitrogen and oxygen atoms in total. The standard InChI is InChI=1S/C10H16N4/c1-4-9(5-2)11-7-6-10-12-8-14(3)13-10/h1,8-9,11H,5-7H2,2-3H3. The Hall–Kier alpha value is -1.34. The summed E-state index contributed by atoms with van der Waals surface area (Å²) < 4.78 is 1.70. The van der Waals surface area contributed by atoms with Crippen LogP contribution in [0.3, 0.4) is 0 Å². The second-order valence-corrected chi connectivity index (χ2v) is 3.17. The molecule has 0 aliphatic heterocycles. The smallest absolute Gasteiger partial charge is 0.151 e. The lowest BCUT2D eigenvalue weighted by atomic mass is 10.2. The molecule has 0 aliphatic carbocycles. The van der Waals surface area contributed by atoms with E-state index in [2.05, 4.69) is 28.2 Å². The number of nitrogens with one attached hydrogen (secondary N) is 1. The molecule has 0 bridgehead atoms. The number of hydrogen-bond donors (Lipinski definition) is 1. The van der Waals surface area contributed by atoms with Crippen LogP contribution in [0.4, 0.5) is 0 Å². The van der Waals surface area contributed by atoms with Gasteiger partial charge in [-0.25, -0.2) is 4.98 Å². The minimum absolute atomic E-state index is 0.165. The Bertz CT molecular complexity index is 310. The van der Waals surface area contributed by atoms with Gasteiger partial charge < -0.3 is 5.32 Å². The number of rotatable bonds is 5. The largest absolute Gasteiger partial charge is 0.303 e. The van der Waals surface area contributed by atoms with E-state index in [9.17, 15) is 0 Å². The van der Waals surface area contributed by atoms with E-state index >= 15 is 0 Å². The second-order valence-electron chi connectivity index (χ2n) is 3.17. The summed E-state index contributed by atoms with van der Waals surface area (Å²) in [6, 6.07) is 0.165. The lowest BCUT2D eigenvalue weighted by Gasteiger charge is -2.08. The fraction of sp³-hybridized carbons (Fsp3) is 0.600. The Morgan fingerprint density at radius 1 is 1.71 bits per heavy atom. The Balaban J connectivity index is 2.25. The van der Waals surface area contributed by atoms with Crippen molar-refractivity contribution in [3.8, 4) is 12.3 Å². The van der Waals surface area contributed by atoms with Gasteiger partial charge in [-0.05, 0) is 6.42 Å². The zero-order valence-electron chi connectivity index (χ0n) is 8.70. The van der Waals surface area contributed by atoms with Crippen LogP contribution in [0, 0.1) is 12.3 Å². The minimum Gasteiger partial charge on any atom is -0.303 e. The first-order valence-corrected chi connectivity index (χ1v) is 4.80. The molecular formula is C10H16N4. The third kappa shape index (κ3) is 3.19. The molecule has 0 spiro atoms. The summed E-state index contributed by atoms with van der Waals surface area (Å²) >= 11 is 0. The highest BCUT2D eigenvalue weighted by atomic mass is 15.3. The first-order valence-electron chi connectivity index (χ1n) is 4.80. The van der Waals surface area contributed by atoms with E-state index in [1.54, 1.807) is 11.0 Å². The fourth-order valence-electron chi connectivity index (χ4n) is 1.18. The molecule has 4 heteroatoms. The third-order valence-electron chi connectivity index (χ3n) is 2.00. The topological polar surface area (TPSA) is 42.7 Å². The predicted molar refractivity (Wildman–Crippen MR) is 55.6 cm³/mol. The lowest BCUT2D eigenvalue weighted by molar-refractivity contribution is 0.584. The molecule has 0 saturated carbocycles. The molecule has 1 aromatic rings. The van der Waals surface area contributed by atoms with Crippen molar-refractivity contribution >= 4 is 0 Å². The molecule has 0 aliphatic rings. The van der Waals surface area contributed by atoms with Gasteiger partial charge in [0.1, 0.15) is 6.33 Å². The van der Waals surface area contributed by atoms with Crippen LogP contribution in [0.2, 0.25) is 0 Å². The molecular weight excluding hydrogens is 176 g/mol. The molecule has 1 N–H and O–H groups in total. The lowest BCUT2D eigenvalue weighted by Crippen LogP contribution is -2.28. The number of aryl methyl sites for hydroxylation is 1. The fourth-order valence-corrected chi connectivity index (χ4v) is 1.18. The molecule has 0 radical (unpaired) electrons. The average Bonchev–Trinajstić information content (AvgIpc) is 2.59. The van der Waals surface area contributed by atoms with Crippen molar-refractivity contribution < 1.29 is 0 Å². The zero-order valence-corrected chi connectivity index (χ0v) is 8.70. The summed E-state index contributed by atoms with van der Waals surface area (Å²) in [4.78, 5) is 4.12. The first-order chi connectivity index (χ1) is 6.76.